The van der Waals surface area contributed by atoms with Gasteiger partial charge in [-0.3, -0.25) is 0 Å². The number of ether oxygens (including phenoxy) is 1. The number of urea groups is 1. The molecule has 2 rings (SSSR count). The van der Waals surface area contributed by atoms with Crippen molar-refractivity contribution >= 4 is 23.3 Å². The number of carbonyl (C=O) groups excluding carboxylic acids is 1. The molecule has 0 aliphatic carbocycles. The predicted octanol–water partition coefficient (Wildman–Crippen LogP) is 3.76. The van der Waals surface area contributed by atoms with Crippen LogP contribution in [-0.4, -0.2) is 42.3 Å². The number of hydrogen-bond donors (Lipinski definition) is 2. The van der Waals surface area contributed by atoms with Crippen LogP contribution in [0.2, 0.25) is 5.02 Å². The molecule has 1 aromatic rings. The Labute approximate surface area is 142 Å². The van der Waals surface area contributed by atoms with Crippen molar-refractivity contribution < 1.29 is 14.6 Å². The zero-order valence-electron chi connectivity index (χ0n) is 13.8. The third kappa shape index (κ3) is 4.09. The topological polar surface area (TPSA) is 61.8 Å². The summed E-state index contributed by atoms with van der Waals surface area (Å²) in [6.45, 7) is 5.91. The van der Waals surface area contributed by atoms with Gasteiger partial charge in [0, 0.05) is 19.7 Å². The van der Waals surface area contributed by atoms with Crippen molar-refractivity contribution in [1.82, 2.24) is 4.90 Å². The number of anilines is 1. The van der Waals surface area contributed by atoms with Crippen molar-refractivity contribution in [2.45, 2.75) is 33.1 Å². The van der Waals surface area contributed by atoms with Gasteiger partial charge in [-0.1, -0.05) is 24.6 Å². The summed E-state index contributed by atoms with van der Waals surface area (Å²) in [6, 6.07) is 5.14. The first kappa shape index (κ1) is 17.9. The number of piperidine rings is 1. The van der Waals surface area contributed by atoms with Crippen LogP contribution in [0.1, 0.15) is 33.1 Å². The number of nitrogens with one attached hydrogen (secondary N) is 1. The number of nitrogens with zero attached hydrogens (tertiary/aromatic N) is 1. The largest absolute Gasteiger partial charge is 0.490 e. The first-order valence-electron chi connectivity index (χ1n) is 8.13. The fraction of sp³-hybridized carbons (Fsp3) is 0.588. The Morgan fingerprint density at radius 2 is 2.09 bits per heavy atom. The van der Waals surface area contributed by atoms with E-state index in [1.807, 2.05) is 6.92 Å². The zero-order chi connectivity index (χ0) is 16.9. The highest BCUT2D eigenvalue weighted by Crippen LogP contribution is 2.36. The second kappa shape index (κ2) is 7.88. The van der Waals surface area contributed by atoms with Gasteiger partial charge in [-0.15, -0.1) is 0 Å². The molecule has 6 heteroatoms. The molecule has 5 nitrogen and oxygen atoms in total. The number of hydrogen-bond acceptors (Lipinski definition) is 3. The number of likely N-dealkylation sites (tertiary alicyclic amines) is 1. The molecule has 0 saturated carbocycles. The lowest BCUT2D eigenvalue weighted by atomic mass is 9.77. The minimum Gasteiger partial charge on any atom is -0.490 e. The molecule has 0 atom stereocenters. The van der Waals surface area contributed by atoms with Crippen LogP contribution in [0, 0.1) is 5.41 Å². The third-order valence-electron chi connectivity index (χ3n) is 4.69. The van der Waals surface area contributed by atoms with E-state index in [-0.39, 0.29) is 18.1 Å². The van der Waals surface area contributed by atoms with Crippen molar-refractivity contribution in [2.24, 2.45) is 5.41 Å². The summed E-state index contributed by atoms with van der Waals surface area (Å²) in [5, 5.41) is 12.9. The van der Waals surface area contributed by atoms with Gasteiger partial charge in [-0.2, -0.15) is 0 Å². The molecule has 1 fully saturated rings. The minimum absolute atomic E-state index is 0.0384. The summed E-state index contributed by atoms with van der Waals surface area (Å²) in [6.07, 6.45) is 2.57. The number of aliphatic hydroxyl groups excluding tert-OH is 1. The van der Waals surface area contributed by atoms with Crippen LogP contribution >= 0.6 is 11.6 Å². The van der Waals surface area contributed by atoms with E-state index in [1.54, 1.807) is 23.1 Å². The normalized spacial score (nSPS) is 17.0. The maximum Gasteiger partial charge on any atom is 0.321 e. The molecule has 0 unspecified atom stereocenters. The quantitative estimate of drug-likeness (QED) is 0.858. The van der Waals surface area contributed by atoms with Crippen LogP contribution < -0.4 is 10.1 Å². The van der Waals surface area contributed by atoms with Crippen LogP contribution in [-0.2, 0) is 0 Å². The van der Waals surface area contributed by atoms with Crippen LogP contribution in [0.15, 0.2) is 18.2 Å². The smallest absolute Gasteiger partial charge is 0.321 e. The Hall–Kier alpha value is -1.46. The van der Waals surface area contributed by atoms with Gasteiger partial charge in [-0.05, 0) is 43.7 Å². The van der Waals surface area contributed by atoms with Crippen LogP contribution in [0.4, 0.5) is 10.5 Å². The molecule has 1 aliphatic heterocycles. The fourth-order valence-electron chi connectivity index (χ4n) is 2.90. The van der Waals surface area contributed by atoms with Gasteiger partial charge in [0.25, 0.3) is 0 Å². The van der Waals surface area contributed by atoms with E-state index in [9.17, 15) is 9.90 Å². The van der Waals surface area contributed by atoms with Crippen molar-refractivity contribution in [3.8, 4) is 5.75 Å². The van der Waals surface area contributed by atoms with Gasteiger partial charge < -0.3 is 20.1 Å². The lowest BCUT2D eigenvalue weighted by Crippen LogP contribution is -2.46. The summed E-state index contributed by atoms with van der Waals surface area (Å²) < 4.78 is 5.53. The Bertz CT molecular complexity index is 537. The highest BCUT2D eigenvalue weighted by Gasteiger charge is 2.34. The van der Waals surface area contributed by atoms with E-state index < -0.39 is 0 Å². The maximum absolute atomic E-state index is 12.5. The molecule has 0 spiro atoms. The Balaban J connectivity index is 2.02. The van der Waals surface area contributed by atoms with E-state index in [4.69, 9.17) is 16.3 Å². The summed E-state index contributed by atoms with van der Waals surface area (Å²) in [4.78, 5) is 14.3. The lowest BCUT2D eigenvalue weighted by molar-refractivity contribution is 0.0542. The highest BCUT2D eigenvalue weighted by atomic mass is 35.5. The molecule has 128 valence electrons. The lowest BCUT2D eigenvalue weighted by Gasteiger charge is -2.40. The average molecular weight is 341 g/mol. The van der Waals surface area contributed by atoms with E-state index in [0.717, 1.165) is 19.3 Å². The van der Waals surface area contributed by atoms with Gasteiger partial charge in [-0.25, -0.2) is 4.79 Å². The van der Waals surface area contributed by atoms with E-state index in [0.29, 0.717) is 36.2 Å². The number of aliphatic hydroxyl groups is 1. The number of rotatable bonds is 5. The Kier molecular flexibility index (Phi) is 6.13. The molecule has 2 amide bonds. The van der Waals surface area contributed by atoms with Crippen molar-refractivity contribution in [2.75, 3.05) is 31.6 Å². The number of para-hydroxylation sites is 1. The fourth-order valence-corrected chi connectivity index (χ4v) is 3.13. The van der Waals surface area contributed by atoms with Gasteiger partial charge in [0.15, 0.2) is 5.75 Å². The second-order valence-electron chi connectivity index (χ2n) is 5.98. The number of halogens is 1. The molecule has 1 saturated heterocycles. The van der Waals surface area contributed by atoms with Crippen LogP contribution in [0.25, 0.3) is 0 Å². The van der Waals surface area contributed by atoms with E-state index in [1.165, 1.54) is 0 Å². The van der Waals surface area contributed by atoms with Crippen molar-refractivity contribution in [1.29, 1.82) is 0 Å². The molecular weight excluding hydrogens is 316 g/mol. The predicted molar refractivity (Wildman–Crippen MR) is 92.3 cm³/mol. The monoisotopic (exact) mass is 340 g/mol. The van der Waals surface area contributed by atoms with E-state index >= 15 is 0 Å². The first-order valence-corrected chi connectivity index (χ1v) is 8.51. The number of amides is 2. The minimum atomic E-state index is -0.157. The zero-order valence-corrected chi connectivity index (χ0v) is 14.5. The Morgan fingerprint density at radius 3 is 2.65 bits per heavy atom. The third-order valence-corrected chi connectivity index (χ3v) is 4.99. The summed E-state index contributed by atoms with van der Waals surface area (Å²) in [5.41, 5.74) is 0.544. The SMILES string of the molecule is CCOc1c(Cl)cccc1NC(=O)N1CCC(CC)(CO)CC1. The first-order chi connectivity index (χ1) is 11.0. The van der Waals surface area contributed by atoms with Gasteiger partial charge >= 0.3 is 6.03 Å². The average Bonchev–Trinajstić information content (AvgIpc) is 2.58. The highest BCUT2D eigenvalue weighted by molar-refractivity contribution is 6.32. The molecule has 23 heavy (non-hydrogen) atoms. The van der Waals surface area contributed by atoms with Crippen molar-refractivity contribution in [3.63, 3.8) is 0 Å². The molecule has 0 bridgehead atoms. The molecule has 0 radical (unpaired) electrons. The van der Waals surface area contributed by atoms with E-state index in [2.05, 4.69) is 12.2 Å². The van der Waals surface area contributed by atoms with Crippen LogP contribution in [0.3, 0.4) is 0 Å². The standard InChI is InChI=1S/C17H25ClN2O3/c1-3-17(12-21)8-10-20(11-9-17)16(22)19-14-7-5-6-13(18)15(14)23-4-2/h5-7,21H,3-4,8-12H2,1-2H3,(H,19,22). The summed E-state index contributed by atoms with van der Waals surface area (Å²) in [7, 11) is 0. The summed E-state index contributed by atoms with van der Waals surface area (Å²) in [5.74, 6) is 0.500. The summed E-state index contributed by atoms with van der Waals surface area (Å²) >= 11 is 6.13. The molecular formula is C17H25ClN2O3. The van der Waals surface area contributed by atoms with Gasteiger partial charge in [0.2, 0.25) is 0 Å². The van der Waals surface area contributed by atoms with Crippen LogP contribution in [0.5, 0.6) is 5.75 Å². The maximum atomic E-state index is 12.5. The molecule has 1 heterocycles. The molecule has 2 N–H and O–H groups in total. The second-order valence-corrected chi connectivity index (χ2v) is 6.39. The van der Waals surface area contributed by atoms with Gasteiger partial charge in [0.05, 0.1) is 17.3 Å². The molecule has 1 aliphatic rings. The molecule has 0 aromatic heterocycles. The number of benzene rings is 1. The van der Waals surface area contributed by atoms with Gasteiger partial charge in [0.1, 0.15) is 0 Å². The molecule has 1 aromatic carbocycles. The Morgan fingerprint density at radius 1 is 1.39 bits per heavy atom. The van der Waals surface area contributed by atoms with Crippen molar-refractivity contribution in [3.05, 3.63) is 23.2 Å². The number of carbonyl (C=O) groups is 1.